The lowest BCUT2D eigenvalue weighted by Gasteiger charge is -1.97. The summed E-state index contributed by atoms with van der Waals surface area (Å²) >= 11 is 0. The normalized spacial score (nSPS) is 15.6. The summed E-state index contributed by atoms with van der Waals surface area (Å²) in [6.07, 6.45) is 7.00. The summed E-state index contributed by atoms with van der Waals surface area (Å²) < 4.78 is 13.9. The molecule has 0 aromatic heterocycles. The lowest BCUT2D eigenvalue weighted by molar-refractivity contribution is -0.138. The van der Waals surface area contributed by atoms with Crippen molar-refractivity contribution in [1.82, 2.24) is 0 Å². The van der Waals surface area contributed by atoms with Crippen LogP contribution in [-0.4, -0.2) is 38.4 Å². The van der Waals surface area contributed by atoms with Crippen molar-refractivity contribution < 1.29 is 23.8 Å². The first-order chi connectivity index (χ1) is 9.54. The molecule has 0 aliphatic carbocycles. The highest BCUT2D eigenvalue weighted by atomic mass is 16.6. The van der Waals surface area contributed by atoms with Crippen molar-refractivity contribution in [2.75, 3.05) is 20.3 Å². The van der Waals surface area contributed by atoms with Gasteiger partial charge < -0.3 is 14.2 Å². The van der Waals surface area contributed by atoms with Crippen LogP contribution in [0.4, 0.5) is 0 Å². The van der Waals surface area contributed by atoms with Crippen LogP contribution in [0.3, 0.4) is 0 Å². The molecule has 5 heteroatoms. The molecule has 0 bridgehead atoms. The first-order valence-electron chi connectivity index (χ1n) is 5.99. The molecule has 0 saturated carbocycles. The highest BCUT2D eigenvalue weighted by Gasteiger charge is 2.23. The summed E-state index contributed by atoms with van der Waals surface area (Å²) in [5, 5.41) is 0. The fraction of sp³-hybridized carbons (Fsp3) is 0.333. The molecule has 1 fully saturated rings. The fourth-order valence-electron chi connectivity index (χ4n) is 0.932. The van der Waals surface area contributed by atoms with Gasteiger partial charge in [-0.05, 0) is 6.42 Å². The molecule has 1 unspecified atom stereocenters. The molecule has 0 aromatic carbocycles. The second-order valence-electron chi connectivity index (χ2n) is 3.75. The third-order valence-electron chi connectivity index (χ3n) is 2.09. The van der Waals surface area contributed by atoms with Crippen molar-refractivity contribution in [2.45, 2.75) is 12.5 Å². The van der Waals surface area contributed by atoms with Crippen molar-refractivity contribution in [1.29, 1.82) is 0 Å². The molecular formula is C15H20O5. The lowest BCUT2D eigenvalue weighted by Crippen LogP contribution is -2.06. The van der Waals surface area contributed by atoms with E-state index < -0.39 is 0 Å². The maximum atomic E-state index is 10.7. The standard InChI is InChI=1S/C9H12O2.C6H8O3/c1-4-5-6-7-8(2)9(10)11-3;1-2-6(7)9-4-5-3-8-5/h4-6H,1-2,7H2,3H3;2,5H,1,3-4H2. The predicted molar refractivity (Wildman–Crippen MR) is 76.0 cm³/mol. The van der Waals surface area contributed by atoms with Crippen molar-refractivity contribution in [3.05, 3.63) is 49.6 Å². The Balaban J connectivity index is 0.000000367. The van der Waals surface area contributed by atoms with Gasteiger partial charge in [-0.2, -0.15) is 0 Å². The van der Waals surface area contributed by atoms with Gasteiger partial charge in [-0.25, -0.2) is 9.59 Å². The SMILES string of the molecule is C=CC(=O)OCC1CO1.C=CC=CCC(=C)C(=O)OC. The largest absolute Gasteiger partial charge is 0.466 e. The van der Waals surface area contributed by atoms with Gasteiger partial charge in [0.2, 0.25) is 0 Å². The molecule has 110 valence electrons. The third-order valence-corrected chi connectivity index (χ3v) is 2.09. The molecule has 1 atom stereocenters. The van der Waals surface area contributed by atoms with E-state index in [-0.39, 0.29) is 18.0 Å². The van der Waals surface area contributed by atoms with Crippen LogP contribution in [0.5, 0.6) is 0 Å². The number of carbonyl (C=O) groups is 2. The van der Waals surface area contributed by atoms with E-state index in [9.17, 15) is 9.59 Å². The van der Waals surface area contributed by atoms with E-state index >= 15 is 0 Å². The molecule has 20 heavy (non-hydrogen) atoms. The number of esters is 2. The minimum atomic E-state index is -0.384. The quantitative estimate of drug-likeness (QED) is 0.309. The van der Waals surface area contributed by atoms with Gasteiger partial charge >= 0.3 is 11.9 Å². The third kappa shape index (κ3) is 9.85. The molecule has 5 nitrogen and oxygen atoms in total. The number of allylic oxidation sites excluding steroid dienone is 3. The van der Waals surface area contributed by atoms with Crippen LogP contribution in [0, 0.1) is 0 Å². The van der Waals surface area contributed by atoms with Gasteiger partial charge in [0.05, 0.1) is 13.7 Å². The summed E-state index contributed by atoms with van der Waals surface area (Å²) in [4.78, 5) is 21.1. The zero-order valence-corrected chi connectivity index (χ0v) is 11.7. The van der Waals surface area contributed by atoms with Crippen LogP contribution in [0.15, 0.2) is 49.6 Å². The molecule has 0 radical (unpaired) electrons. The van der Waals surface area contributed by atoms with Gasteiger partial charge in [0.1, 0.15) is 12.7 Å². The Morgan fingerprint density at radius 1 is 1.40 bits per heavy atom. The van der Waals surface area contributed by atoms with E-state index in [2.05, 4.69) is 29.2 Å². The van der Waals surface area contributed by atoms with Gasteiger partial charge in [-0.15, -0.1) is 0 Å². The van der Waals surface area contributed by atoms with E-state index in [0.29, 0.717) is 25.2 Å². The number of epoxide rings is 1. The summed E-state index contributed by atoms with van der Waals surface area (Å²) in [5.74, 6) is -0.746. The molecule has 1 rings (SSSR count). The Labute approximate surface area is 119 Å². The summed E-state index contributed by atoms with van der Waals surface area (Å²) in [7, 11) is 1.34. The maximum absolute atomic E-state index is 10.7. The topological polar surface area (TPSA) is 65.1 Å². The number of methoxy groups -OCH3 is 1. The average Bonchev–Trinajstić information content (AvgIpc) is 3.28. The van der Waals surface area contributed by atoms with Crippen LogP contribution in [-0.2, 0) is 23.8 Å². The fourth-order valence-corrected chi connectivity index (χ4v) is 0.932. The molecule has 1 aliphatic rings. The molecule has 0 spiro atoms. The lowest BCUT2D eigenvalue weighted by atomic mass is 10.2. The van der Waals surface area contributed by atoms with E-state index in [1.54, 1.807) is 18.2 Å². The first kappa shape index (κ1) is 17.9. The highest BCUT2D eigenvalue weighted by Crippen LogP contribution is 2.08. The van der Waals surface area contributed by atoms with Gasteiger partial charge in [0.25, 0.3) is 0 Å². The smallest absolute Gasteiger partial charge is 0.333 e. The number of carbonyl (C=O) groups excluding carboxylic acids is 2. The van der Waals surface area contributed by atoms with Gasteiger partial charge in [0.15, 0.2) is 0 Å². The van der Waals surface area contributed by atoms with Crippen LogP contribution in [0.2, 0.25) is 0 Å². The summed E-state index contributed by atoms with van der Waals surface area (Å²) in [6.45, 7) is 11.3. The van der Waals surface area contributed by atoms with E-state index in [1.165, 1.54) is 7.11 Å². The molecule has 1 saturated heterocycles. The van der Waals surface area contributed by atoms with Crippen LogP contribution in [0.1, 0.15) is 6.42 Å². The monoisotopic (exact) mass is 280 g/mol. The first-order valence-corrected chi connectivity index (χ1v) is 5.99. The Morgan fingerprint density at radius 2 is 2.05 bits per heavy atom. The second-order valence-corrected chi connectivity index (χ2v) is 3.75. The minimum absolute atomic E-state index is 0.147. The van der Waals surface area contributed by atoms with Crippen molar-refractivity contribution in [3.63, 3.8) is 0 Å². The van der Waals surface area contributed by atoms with Crippen molar-refractivity contribution >= 4 is 11.9 Å². The predicted octanol–water partition coefficient (Wildman–Crippen LogP) is 1.96. The van der Waals surface area contributed by atoms with Gasteiger partial charge in [0, 0.05) is 11.6 Å². The number of hydrogen-bond acceptors (Lipinski definition) is 5. The Hall–Kier alpha value is -2.14. The molecule has 0 N–H and O–H groups in total. The Bertz CT molecular complexity index is 391. The summed E-state index contributed by atoms with van der Waals surface area (Å²) in [6, 6.07) is 0. The van der Waals surface area contributed by atoms with Gasteiger partial charge in [-0.3, -0.25) is 0 Å². The van der Waals surface area contributed by atoms with Crippen molar-refractivity contribution in [3.8, 4) is 0 Å². The summed E-state index contributed by atoms with van der Waals surface area (Å²) in [5.41, 5.74) is 0.450. The Morgan fingerprint density at radius 3 is 2.50 bits per heavy atom. The van der Waals surface area contributed by atoms with Crippen LogP contribution in [0.25, 0.3) is 0 Å². The molecular weight excluding hydrogens is 260 g/mol. The zero-order chi connectivity index (χ0) is 15.4. The second kappa shape index (κ2) is 10.8. The highest BCUT2D eigenvalue weighted by molar-refractivity contribution is 5.87. The number of ether oxygens (including phenoxy) is 3. The molecule has 1 aliphatic heterocycles. The van der Waals surface area contributed by atoms with Crippen LogP contribution >= 0.6 is 0 Å². The van der Waals surface area contributed by atoms with E-state index in [4.69, 9.17) is 4.74 Å². The maximum Gasteiger partial charge on any atom is 0.333 e. The van der Waals surface area contributed by atoms with Gasteiger partial charge in [-0.1, -0.05) is 38.0 Å². The van der Waals surface area contributed by atoms with Crippen molar-refractivity contribution in [2.24, 2.45) is 0 Å². The number of hydrogen-bond donors (Lipinski definition) is 0. The minimum Gasteiger partial charge on any atom is -0.466 e. The molecule has 1 heterocycles. The van der Waals surface area contributed by atoms with E-state index in [1.807, 2.05) is 0 Å². The van der Waals surface area contributed by atoms with Crippen LogP contribution < -0.4 is 0 Å². The molecule has 0 aromatic rings. The Kier molecular flexibility index (Phi) is 9.60. The molecule has 0 amide bonds. The average molecular weight is 280 g/mol. The zero-order valence-electron chi connectivity index (χ0n) is 11.7. The van der Waals surface area contributed by atoms with E-state index in [0.717, 1.165) is 6.08 Å². The number of rotatable bonds is 7.